The molecule has 0 fully saturated rings. The second-order valence-corrected chi connectivity index (χ2v) is 3.00. The van der Waals surface area contributed by atoms with E-state index >= 15 is 0 Å². The molecule has 0 aromatic rings. The van der Waals surface area contributed by atoms with Crippen molar-refractivity contribution in [2.75, 3.05) is 6.61 Å². The Morgan fingerprint density at radius 3 is 2.73 bits per heavy atom. The molecule has 1 heteroatoms. The van der Waals surface area contributed by atoms with Gasteiger partial charge in [-0.05, 0) is 44.3 Å². The fourth-order valence-corrected chi connectivity index (χ4v) is 1.47. The Bertz CT molecular complexity index is 189. The first-order chi connectivity index (χ1) is 5.25. The third kappa shape index (κ3) is 1.86. The predicted octanol–water partition coefficient (Wildman–Crippen LogP) is 3.04. The van der Waals surface area contributed by atoms with Crippen LogP contribution in [0.1, 0.15) is 33.1 Å². The molecule has 0 unspecified atom stereocenters. The maximum atomic E-state index is 5.49. The quantitative estimate of drug-likeness (QED) is 0.591. The van der Waals surface area contributed by atoms with Gasteiger partial charge in [-0.3, -0.25) is 0 Å². The van der Waals surface area contributed by atoms with Crippen molar-refractivity contribution >= 4 is 0 Å². The zero-order valence-electron chi connectivity index (χ0n) is 7.44. The summed E-state index contributed by atoms with van der Waals surface area (Å²) in [5, 5.41) is 0. The predicted molar refractivity (Wildman–Crippen MR) is 47.3 cm³/mol. The summed E-state index contributed by atoms with van der Waals surface area (Å²) in [6.45, 7) is 8.89. The number of ether oxygens (including phenoxy) is 1. The fourth-order valence-electron chi connectivity index (χ4n) is 1.47. The minimum Gasteiger partial charge on any atom is -0.494 e. The van der Waals surface area contributed by atoms with Gasteiger partial charge in [0.2, 0.25) is 0 Å². The van der Waals surface area contributed by atoms with Gasteiger partial charge in [0.05, 0.1) is 6.61 Å². The van der Waals surface area contributed by atoms with Crippen LogP contribution in [0.2, 0.25) is 0 Å². The molecule has 0 heterocycles. The maximum Gasteiger partial charge on any atom is 0.120 e. The summed E-state index contributed by atoms with van der Waals surface area (Å²) in [6, 6.07) is 0. The molecule has 0 radical (unpaired) electrons. The number of hydrogen-bond acceptors (Lipinski definition) is 1. The largest absolute Gasteiger partial charge is 0.494 e. The molecule has 0 atom stereocenters. The van der Waals surface area contributed by atoms with E-state index in [9.17, 15) is 0 Å². The Balaban J connectivity index is 2.74. The van der Waals surface area contributed by atoms with Crippen LogP contribution in [0.3, 0.4) is 0 Å². The van der Waals surface area contributed by atoms with Crippen molar-refractivity contribution in [3.8, 4) is 0 Å². The summed E-state index contributed by atoms with van der Waals surface area (Å²) in [5.41, 5.74) is 2.54. The molecular formula is C10H16O. The summed E-state index contributed by atoms with van der Waals surface area (Å²) >= 11 is 0. The molecule has 1 rings (SSSR count). The van der Waals surface area contributed by atoms with E-state index in [0.29, 0.717) is 0 Å². The van der Waals surface area contributed by atoms with Gasteiger partial charge in [-0.2, -0.15) is 0 Å². The summed E-state index contributed by atoms with van der Waals surface area (Å²) < 4.78 is 5.49. The van der Waals surface area contributed by atoms with Crippen LogP contribution in [0.5, 0.6) is 0 Å². The van der Waals surface area contributed by atoms with E-state index in [1.54, 1.807) is 0 Å². The average molecular weight is 152 g/mol. The smallest absolute Gasteiger partial charge is 0.120 e. The zero-order chi connectivity index (χ0) is 8.27. The van der Waals surface area contributed by atoms with Crippen molar-refractivity contribution in [3.63, 3.8) is 0 Å². The van der Waals surface area contributed by atoms with Crippen molar-refractivity contribution in [1.82, 2.24) is 0 Å². The molecule has 0 N–H and O–H groups in total. The monoisotopic (exact) mass is 152 g/mol. The van der Waals surface area contributed by atoms with Crippen LogP contribution in [0, 0.1) is 0 Å². The molecule has 11 heavy (non-hydrogen) atoms. The molecule has 0 bridgehead atoms. The van der Waals surface area contributed by atoms with Gasteiger partial charge >= 0.3 is 0 Å². The first-order valence-corrected chi connectivity index (χ1v) is 4.26. The molecular weight excluding hydrogens is 136 g/mol. The topological polar surface area (TPSA) is 9.23 Å². The molecule has 62 valence electrons. The van der Waals surface area contributed by atoms with E-state index in [-0.39, 0.29) is 0 Å². The molecule has 0 spiro atoms. The highest BCUT2D eigenvalue weighted by molar-refractivity contribution is 5.30. The van der Waals surface area contributed by atoms with Gasteiger partial charge < -0.3 is 4.74 Å². The van der Waals surface area contributed by atoms with E-state index in [1.807, 2.05) is 6.92 Å². The van der Waals surface area contributed by atoms with Crippen molar-refractivity contribution in [3.05, 3.63) is 23.5 Å². The van der Waals surface area contributed by atoms with Crippen molar-refractivity contribution in [2.24, 2.45) is 0 Å². The Morgan fingerprint density at radius 1 is 1.45 bits per heavy atom. The molecule has 1 aliphatic rings. The van der Waals surface area contributed by atoms with Gasteiger partial charge in [-0.1, -0.05) is 6.58 Å². The van der Waals surface area contributed by atoms with Crippen LogP contribution in [-0.2, 0) is 4.74 Å². The first kappa shape index (κ1) is 8.38. The molecule has 1 nitrogen and oxygen atoms in total. The van der Waals surface area contributed by atoms with E-state index < -0.39 is 0 Å². The van der Waals surface area contributed by atoms with E-state index in [2.05, 4.69) is 13.5 Å². The third-order valence-electron chi connectivity index (χ3n) is 2.03. The van der Waals surface area contributed by atoms with E-state index in [1.165, 1.54) is 24.0 Å². The van der Waals surface area contributed by atoms with Gasteiger partial charge in [0.25, 0.3) is 0 Å². The zero-order valence-corrected chi connectivity index (χ0v) is 7.44. The Morgan fingerprint density at radius 2 is 2.18 bits per heavy atom. The van der Waals surface area contributed by atoms with Gasteiger partial charge in [0.1, 0.15) is 5.76 Å². The van der Waals surface area contributed by atoms with Gasteiger partial charge in [-0.15, -0.1) is 0 Å². The normalized spacial score (nSPS) is 18.9. The lowest BCUT2D eigenvalue weighted by Crippen LogP contribution is -2.03. The second-order valence-electron chi connectivity index (χ2n) is 3.00. The van der Waals surface area contributed by atoms with Crippen LogP contribution >= 0.6 is 0 Å². The highest BCUT2D eigenvalue weighted by Crippen LogP contribution is 2.28. The number of rotatable bonds is 2. The third-order valence-corrected chi connectivity index (χ3v) is 2.03. The Labute approximate surface area is 68.8 Å². The lowest BCUT2D eigenvalue weighted by atomic mass is 9.95. The molecule has 0 aromatic carbocycles. The lowest BCUT2D eigenvalue weighted by molar-refractivity contribution is 0.227. The van der Waals surface area contributed by atoms with Gasteiger partial charge in [0, 0.05) is 0 Å². The Kier molecular flexibility index (Phi) is 2.75. The second kappa shape index (κ2) is 3.61. The molecule has 0 aromatic heterocycles. The minimum absolute atomic E-state index is 0.756. The number of allylic oxidation sites excluding steroid dienone is 2. The molecule has 0 saturated heterocycles. The SMILES string of the molecule is C=C1CCCC(C)=C1OCC. The standard InChI is InChI=1S/C10H16O/c1-4-11-10-8(2)6-5-7-9(10)3/h2,4-7H2,1,3H3. The van der Waals surface area contributed by atoms with Crippen molar-refractivity contribution < 1.29 is 4.74 Å². The van der Waals surface area contributed by atoms with Gasteiger partial charge in [-0.25, -0.2) is 0 Å². The average Bonchev–Trinajstić information content (AvgIpc) is 1.97. The van der Waals surface area contributed by atoms with E-state index in [4.69, 9.17) is 4.74 Å². The minimum atomic E-state index is 0.756. The Hall–Kier alpha value is -0.720. The molecule has 0 aliphatic heterocycles. The van der Waals surface area contributed by atoms with Crippen LogP contribution in [0.25, 0.3) is 0 Å². The van der Waals surface area contributed by atoms with Crippen molar-refractivity contribution in [1.29, 1.82) is 0 Å². The molecule has 1 aliphatic carbocycles. The van der Waals surface area contributed by atoms with Gasteiger partial charge in [0.15, 0.2) is 0 Å². The summed E-state index contributed by atoms with van der Waals surface area (Å²) in [5.74, 6) is 1.07. The van der Waals surface area contributed by atoms with E-state index in [0.717, 1.165) is 18.8 Å². The highest BCUT2D eigenvalue weighted by atomic mass is 16.5. The van der Waals surface area contributed by atoms with Crippen LogP contribution in [0.4, 0.5) is 0 Å². The molecule has 0 saturated carbocycles. The number of hydrogen-bond donors (Lipinski definition) is 0. The van der Waals surface area contributed by atoms with Crippen LogP contribution in [-0.4, -0.2) is 6.61 Å². The first-order valence-electron chi connectivity index (χ1n) is 4.26. The lowest BCUT2D eigenvalue weighted by Gasteiger charge is -2.19. The summed E-state index contributed by atoms with van der Waals surface area (Å²) in [6.07, 6.45) is 3.52. The summed E-state index contributed by atoms with van der Waals surface area (Å²) in [4.78, 5) is 0. The fraction of sp³-hybridized carbons (Fsp3) is 0.600. The highest BCUT2D eigenvalue weighted by Gasteiger charge is 2.13. The summed E-state index contributed by atoms with van der Waals surface area (Å²) in [7, 11) is 0. The van der Waals surface area contributed by atoms with Crippen LogP contribution in [0.15, 0.2) is 23.5 Å². The van der Waals surface area contributed by atoms with Crippen LogP contribution < -0.4 is 0 Å². The molecule has 0 amide bonds. The van der Waals surface area contributed by atoms with Crippen molar-refractivity contribution in [2.45, 2.75) is 33.1 Å². The maximum absolute atomic E-state index is 5.49.